The van der Waals surface area contributed by atoms with Gasteiger partial charge in [-0.3, -0.25) is 0 Å². The van der Waals surface area contributed by atoms with Crippen LogP contribution in [0.15, 0.2) is 42.5 Å². The van der Waals surface area contributed by atoms with Gasteiger partial charge in [0.05, 0.1) is 7.11 Å². The van der Waals surface area contributed by atoms with Crippen molar-refractivity contribution in [2.75, 3.05) is 7.11 Å². The van der Waals surface area contributed by atoms with Crippen LogP contribution in [-0.4, -0.2) is 7.11 Å². The molecule has 0 atom stereocenters. The van der Waals surface area contributed by atoms with Gasteiger partial charge in [-0.2, -0.15) is 0 Å². The number of benzene rings is 1. The van der Waals surface area contributed by atoms with E-state index in [4.69, 9.17) is 4.74 Å². The molecule has 0 aliphatic heterocycles. The minimum absolute atomic E-state index is 0.915. The second-order valence-corrected chi connectivity index (χ2v) is 4.40. The molecule has 18 heavy (non-hydrogen) atoms. The van der Waals surface area contributed by atoms with E-state index >= 15 is 0 Å². The lowest BCUT2D eigenvalue weighted by molar-refractivity contribution is 0.415. The Balaban J connectivity index is 2.80. The molecule has 1 heteroatoms. The van der Waals surface area contributed by atoms with Crippen molar-refractivity contribution in [3.8, 4) is 5.75 Å². The molecule has 0 bridgehead atoms. The van der Waals surface area contributed by atoms with Gasteiger partial charge in [0.1, 0.15) is 5.75 Å². The van der Waals surface area contributed by atoms with E-state index in [0.717, 1.165) is 12.2 Å². The Bertz CT molecular complexity index is 385. The van der Waals surface area contributed by atoms with Crippen LogP contribution in [0.2, 0.25) is 0 Å². The third kappa shape index (κ3) is 4.79. The van der Waals surface area contributed by atoms with E-state index in [2.05, 4.69) is 37.3 Å². The monoisotopic (exact) mass is 244 g/mol. The van der Waals surface area contributed by atoms with Gasteiger partial charge in [0.2, 0.25) is 0 Å². The summed E-state index contributed by atoms with van der Waals surface area (Å²) in [6.07, 6.45) is 11.4. The van der Waals surface area contributed by atoms with Gasteiger partial charge < -0.3 is 4.74 Å². The number of rotatable bonds is 7. The highest BCUT2D eigenvalue weighted by molar-refractivity contribution is 5.67. The van der Waals surface area contributed by atoms with Crippen LogP contribution in [0.4, 0.5) is 0 Å². The fourth-order valence-corrected chi connectivity index (χ4v) is 1.91. The van der Waals surface area contributed by atoms with Crippen molar-refractivity contribution in [3.63, 3.8) is 0 Å². The molecule has 0 heterocycles. The van der Waals surface area contributed by atoms with Gasteiger partial charge in [0.25, 0.3) is 0 Å². The van der Waals surface area contributed by atoms with E-state index in [-0.39, 0.29) is 0 Å². The Morgan fingerprint density at radius 2 is 1.89 bits per heavy atom. The Labute approximate surface area is 111 Å². The average molecular weight is 244 g/mol. The summed E-state index contributed by atoms with van der Waals surface area (Å²) in [5, 5.41) is 0. The lowest BCUT2D eigenvalue weighted by Gasteiger charge is -2.08. The summed E-state index contributed by atoms with van der Waals surface area (Å²) >= 11 is 0. The fraction of sp³-hybridized carbons (Fsp3) is 0.412. The molecule has 0 aliphatic carbocycles. The molecule has 1 aromatic carbocycles. The Morgan fingerprint density at radius 3 is 2.44 bits per heavy atom. The summed E-state index contributed by atoms with van der Waals surface area (Å²) in [5.41, 5.74) is 2.70. The second kappa shape index (κ2) is 8.57. The van der Waals surface area contributed by atoms with Crippen molar-refractivity contribution in [3.05, 3.63) is 48.1 Å². The largest absolute Gasteiger partial charge is 0.497 e. The third-order valence-corrected chi connectivity index (χ3v) is 3.00. The molecule has 0 fully saturated rings. The molecule has 0 saturated heterocycles. The summed E-state index contributed by atoms with van der Waals surface area (Å²) in [5.74, 6) is 0.915. The molecule has 0 unspecified atom stereocenters. The van der Waals surface area contributed by atoms with Gasteiger partial charge in [-0.15, -0.1) is 0 Å². The minimum atomic E-state index is 0.915. The number of ether oxygens (including phenoxy) is 1. The quantitative estimate of drug-likeness (QED) is 0.471. The van der Waals surface area contributed by atoms with Crippen LogP contribution in [0.1, 0.15) is 45.1 Å². The van der Waals surface area contributed by atoms with Crippen LogP contribution in [0.5, 0.6) is 5.75 Å². The third-order valence-electron chi connectivity index (χ3n) is 3.00. The molecular formula is C17H24O. The Hall–Kier alpha value is -1.50. The van der Waals surface area contributed by atoms with Gasteiger partial charge in [-0.1, -0.05) is 50.1 Å². The van der Waals surface area contributed by atoms with Gasteiger partial charge in [-0.05, 0) is 43.0 Å². The summed E-state index contributed by atoms with van der Waals surface area (Å²) in [6, 6.07) is 8.33. The maximum absolute atomic E-state index is 5.20. The molecule has 0 saturated carbocycles. The van der Waals surface area contributed by atoms with E-state index in [0.29, 0.717) is 0 Å². The Kier molecular flexibility index (Phi) is 6.93. The van der Waals surface area contributed by atoms with Crippen LogP contribution in [0.3, 0.4) is 0 Å². The number of unbranched alkanes of at least 4 members (excludes halogenated alkanes) is 2. The predicted octanol–water partition coefficient (Wildman–Crippen LogP) is 5.24. The summed E-state index contributed by atoms with van der Waals surface area (Å²) in [4.78, 5) is 0. The van der Waals surface area contributed by atoms with E-state index in [1.807, 2.05) is 19.1 Å². The molecule has 0 amide bonds. The molecule has 1 aromatic rings. The normalized spacial score (nSPS) is 12.1. The molecule has 0 radical (unpaired) electrons. The van der Waals surface area contributed by atoms with Crippen LogP contribution in [0.25, 0.3) is 5.57 Å². The molecule has 0 spiro atoms. The lowest BCUT2D eigenvalue weighted by Crippen LogP contribution is -1.87. The zero-order valence-corrected chi connectivity index (χ0v) is 11.8. The smallest absolute Gasteiger partial charge is 0.118 e. The molecular weight excluding hydrogens is 220 g/mol. The molecule has 0 N–H and O–H groups in total. The number of methoxy groups -OCH3 is 1. The number of hydrogen-bond donors (Lipinski definition) is 0. The maximum Gasteiger partial charge on any atom is 0.118 e. The first kappa shape index (κ1) is 14.6. The first-order chi connectivity index (χ1) is 8.81. The summed E-state index contributed by atoms with van der Waals surface area (Å²) in [6.45, 7) is 4.29. The van der Waals surface area contributed by atoms with Gasteiger partial charge in [-0.25, -0.2) is 0 Å². The zero-order valence-electron chi connectivity index (χ0n) is 11.8. The second-order valence-electron chi connectivity index (χ2n) is 4.40. The molecule has 0 aliphatic rings. The van der Waals surface area contributed by atoms with E-state index in [1.54, 1.807) is 7.11 Å². The highest BCUT2D eigenvalue weighted by Gasteiger charge is 2.01. The van der Waals surface area contributed by atoms with Gasteiger partial charge in [0, 0.05) is 0 Å². The van der Waals surface area contributed by atoms with Crippen molar-refractivity contribution >= 4 is 5.57 Å². The highest BCUT2D eigenvalue weighted by Crippen LogP contribution is 2.23. The van der Waals surface area contributed by atoms with Crippen molar-refractivity contribution in [2.45, 2.75) is 39.5 Å². The number of hydrogen-bond acceptors (Lipinski definition) is 1. The first-order valence-corrected chi connectivity index (χ1v) is 6.78. The van der Waals surface area contributed by atoms with Crippen molar-refractivity contribution in [2.24, 2.45) is 0 Å². The van der Waals surface area contributed by atoms with Gasteiger partial charge >= 0.3 is 0 Å². The SMILES string of the molecule is C/C=C/C=C(\CCCCC)c1ccc(OC)cc1. The first-order valence-electron chi connectivity index (χ1n) is 6.78. The standard InChI is InChI=1S/C17H24O/c1-4-6-8-10-15(9-7-5-2)16-11-13-17(18-3)14-12-16/h5,7,9,11-14H,4,6,8,10H2,1-3H3/b7-5+,15-9+. The molecule has 98 valence electrons. The highest BCUT2D eigenvalue weighted by atomic mass is 16.5. The summed E-state index contributed by atoms with van der Waals surface area (Å²) < 4.78 is 5.20. The lowest BCUT2D eigenvalue weighted by atomic mass is 9.99. The van der Waals surface area contributed by atoms with Crippen molar-refractivity contribution in [1.29, 1.82) is 0 Å². The van der Waals surface area contributed by atoms with Crippen LogP contribution in [0, 0.1) is 0 Å². The predicted molar refractivity (Wildman–Crippen MR) is 79.9 cm³/mol. The number of allylic oxidation sites excluding steroid dienone is 4. The van der Waals surface area contributed by atoms with E-state index in [9.17, 15) is 0 Å². The molecule has 1 nitrogen and oxygen atoms in total. The Morgan fingerprint density at radius 1 is 1.17 bits per heavy atom. The van der Waals surface area contributed by atoms with Crippen LogP contribution >= 0.6 is 0 Å². The topological polar surface area (TPSA) is 9.23 Å². The van der Waals surface area contributed by atoms with Crippen LogP contribution in [-0.2, 0) is 0 Å². The minimum Gasteiger partial charge on any atom is -0.497 e. The van der Waals surface area contributed by atoms with E-state index in [1.165, 1.54) is 30.4 Å². The van der Waals surface area contributed by atoms with Crippen molar-refractivity contribution < 1.29 is 4.74 Å². The fourth-order valence-electron chi connectivity index (χ4n) is 1.91. The summed E-state index contributed by atoms with van der Waals surface area (Å²) in [7, 11) is 1.70. The van der Waals surface area contributed by atoms with Gasteiger partial charge in [0.15, 0.2) is 0 Å². The van der Waals surface area contributed by atoms with Crippen LogP contribution < -0.4 is 4.74 Å². The zero-order chi connectivity index (χ0) is 13.2. The van der Waals surface area contributed by atoms with Crippen molar-refractivity contribution in [1.82, 2.24) is 0 Å². The average Bonchev–Trinajstić information content (AvgIpc) is 2.43. The molecule has 0 aromatic heterocycles. The maximum atomic E-state index is 5.20. The van der Waals surface area contributed by atoms with E-state index < -0.39 is 0 Å². The molecule has 1 rings (SSSR count).